The van der Waals surface area contributed by atoms with Crippen molar-refractivity contribution in [1.29, 1.82) is 0 Å². The number of benzene rings is 3. The Hall–Kier alpha value is -4.13. The highest BCUT2D eigenvalue weighted by Crippen LogP contribution is 2.29. The number of aromatic hydroxyl groups is 1. The van der Waals surface area contributed by atoms with E-state index in [4.69, 9.17) is 0 Å². The van der Waals surface area contributed by atoms with Crippen molar-refractivity contribution in [3.8, 4) is 5.75 Å². The van der Waals surface area contributed by atoms with Crippen molar-refractivity contribution in [2.24, 2.45) is 5.92 Å². The van der Waals surface area contributed by atoms with E-state index in [2.05, 4.69) is 36.5 Å². The average molecular weight is 585 g/mol. The lowest BCUT2D eigenvalue weighted by atomic mass is 10.0. The molecule has 0 saturated heterocycles. The number of carbonyl (C=O) groups excluding carboxylic acids is 2. The molecule has 0 aliphatic heterocycles. The minimum absolute atomic E-state index is 0.00931. The van der Waals surface area contributed by atoms with Crippen molar-refractivity contribution in [1.82, 2.24) is 10.2 Å². The summed E-state index contributed by atoms with van der Waals surface area (Å²) in [6, 6.07) is 20.1. The van der Waals surface area contributed by atoms with Crippen LogP contribution in [0.1, 0.15) is 108 Å². The molecular weight excluding hydrogens is 540 g/mol. The minimum atomic E-state index is -1.22. The second-order valence-electron chi connectivity index (χ2n) is 11.7. The molecule has 43 heavy (non-hydrogen) atoms. The summed E-state index contributed by atoms with van der Waals surface area (Å²) in [5.41, 5.74) is 4.24. The van der Waals surface area contributed by atoms with Gasteiger partial charge in [-0.25, -0.2) is 4.79 Å². The molecule has 0 heterocycles. The standard InChI is InChI=1S/C36H44N2O5/c1-2-3-4-7-27-10-12-28(13-11-27)23-37-35(41)31-18-14-29(15-19-31)24-38(34(40)21-17-26-8-5-6-9-26)25-30-16-20-33(39)32(22-30)36(42)43/h10-16,18-20,22,26,39H,2-9,17,21,23-25H2,1H3,(H,37,41)(H,42,43). The van der Waals surface area contributed by atoms with Gasteiger partial charge in [0.1, 0.15) is 11.3 Å². The largest absolute Gasteiger partial charge is 0.507 e. The molecule has 1 aliphatic carbocycles. The second-order valence-corrected chi connectivity index (χ2v) is 11.7. The summed E-state index contributed by atoms with van der Waals surface area (Å²) in [6.07, 6.45) is 10.8. The third kappa shape index (κ3) is 9.70. The van der Waals surface area contributed by atoms with Gasteiger partial charge in [0.15, 0.2) is 0 Å². The van der Waals surface area contributed by atoms with Crippen LogP contribution in [-0.4, -0.2) is 32.9 Å². The lowest BCUT2D eigenvalue weighted by molar-refractivity contribution is -0.132. The Kier molecular flexibility index (Phi) is 11.8. The van der Waals surface area contributed by atoms with Gasteiger partial charge in [-0.1, -0.05) is 87.9 Å². The van der Waals surface area contributed by atoms with Crippen LogP contribution in [0.5, 0.6) is 5.75 Å². The Morgan fingerprint density at radius 2 is 1.47 bits per heavy atom. The van der Waals surface area contributed by atoms with Crippen LogP contribution in [0.3, 0.4) is 0 Å². The van der Waals surface area contributed by atoms with Crippen LogP contribution < -0.4 is 5.32 Å². The number of carboxylic acid groups (broad SMARTS) is 1. The molecule has 7 heteroatoms. The zero-order valence-electron chi connectivity index (χ0n) is 25.2. The molecule has 0 radical (unpaired) electrons. The van der Waals surface area contributed by atoms with E-state index in [1.807, 2.05) is 12.1 Å². The fourth-order valence-corrected chi connectivity index (χ4v) is 5.76. The molecule has 0 spiro atoms. The first-order chi connectivity index (χ1) is 20.8. The van der Waals surface area contributed by atoms with Gasteiger partial charge in [0.25, 0.3) is 5.91 Å². The van der Waals surface area contributed by atoms with E-state index in [0.29, 0.717) is 36.6 Å². The maximum atomic E-state index is 13.4. The van der Waals surface area contributed by atoms with E-state index in [0.717, 1.165) is 24.0 Å². The molecule has 1 aliphatic rings. The quantitative estimate of drug-likeness (QED) is 0.163. The predicted octanol–water partition coefficient (Wildman–Crippen LogP) is 7.25. The molecule has 7 nitrogen and oxygen atoms in total. The van der Waals surface area contributed by atoms with Gasteiger partial charge in [-0.2, -0.15) is 0 Å². The van der Waals surface area contributed by atoms with Crippen molar-refractivity contribution in [2.75, 3.05) is 0 Å². The maximum absolute atomic E-state index is 13.4. The molecule has 3 aromatic rings. The number of hydrogen-bond donors (Lipinski definition) is 3. The number of unbranched alkanes of at least 4 members (excludes halogenated alkanes) is 2. The van der Waals surface area contributed by atoms with Crippen molar-refractivity contribution < 1.29 is 24.6 Å². The van der Waals surface area contributed by atoms with Gasteiger partial charge in [0, 0.05) is 31.6 Å². The molecular formula is C36H44N2O5. The molecule has 4 rings (SSSR count). The van der Waals surface area contributed by atoms with Crippen LogP contribution in [-0.2, 0) is 30.8 Å². The van der Waals surface area contributed by atoms with Gasteiger partial charge in [-0.3, -0.25) is 9.59 Å². The number of hydrogen-bond acceptors (Lipinski definition) is 4. The Balaban J connectivity index is 1.37. The van der Waals surface area contributed by atoms with Gasteiger partial charge in [-0.05, 0) is 71.7 Å². The van der Waals surface area contributed by atoms with Crippen molar-refractivity contribution in [2.45, 2.75) is 90.8 Å². The molecule has 1 saturated carbocycles. The van der Waals surface area contributed by atoms with Crippen molar-refractivity contribution >= 4 is 17.8 Å². The third-order valence-corrected chi connectivity index (χ3v) is 8.39. The van der Waals surface area contributed by atoms with Crippen LogP contribution in [0.4, 0.5) is 0 Å². The van der Waals surface area contributed by atoms with Crippen LogP contribution in [0, 0.1) is 5.92 Å². The molecule has 1 fully saturated rings. The smallest absolute Gasteiger partial charge is 0.339 e. The monoisotopic (exact) mass is 584 g/mol. The highest BCUT2D eigenvalue weighted by molar-refractivity contribution is 5.94. The van der Waals surface area contributed by atoms with E-state index in [-0.39, 0.29) is 29.7 Å². The van der Waals surface area contributed by atoms with Gasteiger partial charge in [0.2, 0.25) is 5.91 Å². The highest BCUT2D eigenvalue weighted by atomic mass is 16.4. The Morgan fingerprint density at radius 3 is 2.14 bits per heavy atom. The summed E-state index contributed by atoms with van der Waals surface area (Å²) < 4.78 is 0. The molecule has 3 N–H and O–H groups in total. The molecule has 0 bridgehead atoms. The number of aromatic carboxylic acids is 1. The van der Waals surface area contributed by atoms with Gasteiger partial charge in [0.05, 0.1) is 0 Å². The van der Waals surface area contributed by atoms with E-state index in [9.17, 15) is 24.6 Å². The zero-order chi connectivity index (χ0) is 30.6. The Bertz CT molecular complexity index is 1360. The molecule has 0 unspecified atom stereocenters. The first-order valence-corrected chi connectivity index (χ1v) is 15.6. The molecule has 0 aromatic heterocycles. The first kappa shape index (κ1) is 31.8. The van der Waals surface area contributed by atoms with E-state index in [1.54, 1.807) is 23.1 Å². The van der Waals surface area contributed by atoms with E-state index in [1.165, 1.54) is 62.6 Å². The summed E-state index contributed by atoms with van der Waals surface area (Å²) in [5, 5.41) is 22.3. The maximum Gasteiger partial charge on any atom is 0.339 e. The molecule has 2 amide bonds. The Morgan fingerprint density at radius 1 is 0.837 bits per heavy atom. The number of nitrogens with zero attached hydrogens (tertiary/aromatic N) is 1. The molecule has 0 atom stereocenters. The number of carboxylic acids is 1. The summed E-state index contributed by atoms with van der Waals surface area (Å²) in [7, 11) is 0. The third-order valence-electron chi connectivity index (χ3n) is 8.39. The zero-order valence-corrected chi connectivity index (χ0v) is 25.2. The summed E-state index contributed by atoms with van der Waals surface area (Å²) in [5.74, 6) is -1.08. The van der Waals surface area contributed by atoms with Gasteiger partial charge in [-0.15, -0.1) is 0 Å². The van der Waals surface area contributed by atoms with Crippen LogP contribution in [0.2, 0.25) is 0 Å². The number of aryl methyl sites for hydroxylation is 1. The summed E-state index contributed by atoms with van der Waals surface area (Å²) in [6.45, 7) is 3.21. The number of rotatable bonds is 15. The first-order valence-electron chi connectivity index (χ1n) is 15.6. The van der Waals surface area contributed by atoms with E-state index >= 15 is 0 Å². The van der Waals surface area contributed by atoms with E-state index < -0.39 is 5.97 Å². The number of carbonyl (C=O) groups is 3. The lowest BCUT2D eigenvalue weighted by Crippen LogP contribution is -2.30. The topological polar surface area (TPSA) is 107 Å². The normalized spacial score (nSPS) is 13.1. The van der Waals surface area contributed by atoms with Gasteiger partial charge < -0.3 is 20.4 Å². The SMILES string of the molecule is CCCCCc1ccc(CNC(=O)c2ccc(CN(Cc3ccc(O)c(C(=O)O)c3)C(=O)CCC3CCCC3)cc2)cc1. The average Bonchev–Trinajstić information content (AvgIpc) is 3.54. The fraction of sp³-hybridized carbons (Fsp3) is 0.417. The minimum Gasteiger partial charge on any atom is -0.507 e. The van der Waals surface area contributed by atoms with Crippen LogP contribution in [0.25, 0.3) is 0 Å². The number of phenols is 1. The van der Waals surface area contributed by atoms with Gasteiger partial charge >= 0.3 is 5.97 Å². The van der Waals surface area contributed by atoms with Crippen molar-refractivity contribution in [3.63, 3.8) is 0 Å². The molecule has 228 valence electrons. The van der Waals surface area contributed by atoms with Crippen molar-refractivity contribution in [3.05, 3.63) is 100 Å². The Labute approximate surface area is 254 Å². The number of amides is 2. The van der Waals surface area contributed by atoms with Crippen LogP contribution in [0.15, 0.2) is 66.7 Å². The lowest BCUT2D eigenvalue weighted by Gasteiger charge is -2.24. The summed E-state index contributed by atoms with van der Waals surface area (Å²) in [4.78, 5) is 39.5. The predicted molar refractivity (Wildman–Crippen MR) is 168 cm³/mol. The highest BCUT2D eigenvalue weighted by Gasteiger charge is 2.21. The molecule has 3 aromatic carbocycles. The number of nitrogens with one attached hydrogen (secondary N) is 1. The summed E-state index contributed by atoms with van der Waals surface area (Å²) >= 11 is 0. The van der Waals surface area contributed by atoms with Crippen LogP contribution >= 0.6 is 0 Å². The second kappa shape index (κ2) is 15.9. The fourth-order valence-electron chi connectivity index (χ4n) is 5.76.